The lowest BCUT2D eigenvalue weighted by molar-refractivity contribution is -0.136. The molecule has 0 aliphatic carbocycles. The number of amides is 2. The summed E-state index contributed by atoms with van der Waals surface area (Å²) < 4.78 is 6.38. The quantitative estimate of drug-likeness (QED) is 0.516. The number of aromatic amines is 1. The Labute approximate surface area is 178 Å². The zero-order valence-corrected chi connectivity index (χ0v) is 17.7. The third-order valence-corrected chi connectivity index (χ3v) is 4.43. The maximum absolute atomic E-state index is 12.4. The Morgan fingerprint density at radius 2 is 1.87 bits per heavy atom. The Balaban J connectivity index is 1.73. The first-order valence-electron chi connectivity index (χ1n) is 9.67. The molecule has 3 N–H and O–H groups in total. The molecule has 3 aromatic rings. The number of H-pyrrole nitrogens is 1. The average Bonchev–Trinajstić information content (AvgIpc) is 3.11. The molecule has 2 heterocycles. The fraction of sp³-hybridized carbons (Fsp3) is 0.286. The van der Waals surface area contributed by atoms with Crippen molar-refractivity contribution >= 4 is 17.6 Å². The Morgan fingerprint density at radius 1 is 1.16 bits per heavy atom. The molecule has 162 valence electrons. The fourth-order valence-corrected chi connectivity index (χ4v) is 2.79. The molecule has 0 radical (unpaired) electrons. The summed E-state index contributed by atoms with van der Waals surface area (Å²) in [6, 6.07) is 10.1. The average molecular weight is 424 g/mol. The molecule has 10 nitrogen and oxygen atoms in total. The van der Waals surface area contributed by atoms with Gasteiger partial charge in [0.15, 0.2) is 0 Å². The smallest absolute Gasteiger partial charge is 0.314 e. The van der Waals surface area contributed by atoms with Crippen molar-refractivity contribution in [1.29, 1.82) is 0 Å². The Hall–Kier alpha value is -3.95. The standard InChI is InChI=1S/C21H24N6O4/c1-12(2)16-10-18(28)25-21(23-16)27-17(9-13(3)26-27)24-20(30)19(29)22-11-14-5-7-15(31-4)8-6-14/h5-10,12H,11H2,1-4H3,(H,22,29)(H,24,30)(H,23,25,28). The number of hydrogen-bond acceptors (Lipinski definition) is 6. The number of aromatic nitrogens is 4. The third kappa shape index (κ3) is 5.35. The number of anilines is 1. The summed E-state index contributed by atoms with van der Waals surface area (Å²) in [5, 5.41) is 9.35. The molecule has 2 amide bonds. The first-order valence-corrected chi connectivity index (χ1v) is 9.67. The van der Waals surface area contributed by atoms with Gasteiger partial charge in [0.25, 0.3) is 5.56 Å². The summed E-state index contributed by atoms with van der Waals surface area (Å²) in [6.45, 7) is 5.73. The van der Waals surface area contributed by atoms with E-state index < -0.39 is 11.8 Å². The van der Waals surface area contributed by atoms with Crippen LogP contribution in [0.5, 0.6) is 5.75 Å². The molecule has 31 heavy (non-hydrogen) atoms. The Bertz CT molecular complexity index is 1150. The number of carbonyl (C=O) groups excluding carboxylic acids is 2. The molecular weight excluding hydrogens is 400 g/mol. The zero-order valence-electron chi connectivity index (χ0n) is 17.7. The highest BCUT2D eigenvalue weighted by Crippen LogP contribution is 2.16. The molecule has 10 heteroatoms. The van der Waals surface area contributed by atoms with Crippen LogP contribution in [0, 0.1) is 6.92 Å². The second kappa shape index (κ2) is 9.24. The van der Waals surface area contributed by atoms with E-state index in [4.69, 9.17) is 4.74 Å². The van der Waals surface area contributed by atoms with Crippen molar-refractivity contribution in [2.24, 2.45) is 0 Å². The van der Waals surface area contributed by atoms with Crippen LogP contribution in [-0.2, 0) is 16.1 Å². The van der Waals surface area contributed by atoms with Crippen molar-refractivity contribution in [2.45, 2.75) is 33.2 Å². The van der Waals surface area contributed by atoms with Gasteiger partial charge in [0.05, 0.1) is 18.5 Å². The van der Waals surface area contributed by atoms with Crippen LogP contribution >= 0.6 is 0 Å². The maximum Gasteiger partial charge on any atom is 0.314 e. The molecule has 0 atom stereocenters. The zero-order chi connectivity index (χ0) is 22.5. The van der Waals surface area contributed by atoms with Gasteiger partial charge in [-0.25, -0.2) is 4.98 Å². The predicted molar refractivity (Wildman–Crippen MR) is 114 cm³/mol. The van der Waals surface area contributed by atoms with Crippen molar-refractivity contribution in [3.05, 3.63) is 63.7 Å². The molecule has 0 aliphatic heterocycles. The topological polar surface area (TPSA) is 131 Å². The molecule has 0 unspecified atom stereocenters. The molecule has 0 aliphatic rings. The SMILES string of the molecule is COc1ccc(CNC(=O)C(=O)Nc2cc(C)nn2-c2nc(C(C)C)cc(=O)[nH]2)cc1. The minimum atomic E-state index is -0.864. The molecule has 0 bridgehead atoms. The first-order chi connectivity index (χ1) is 14.8. The molecule has 0 fully saturated rings. The number of nitrogens with zero attached hydrogens (tertiary/aromatic N) is 3. The van der Waals surface area contributed by atoms with E-state index in [0.29, 0.717) is 17.1 Å². The number of methoxy groups -OCH3 is 1. The van der Waals surface area contributed by atoms with Gasteiger partial charge in [0.2, 0.25) is 5.95 Å². The summed E-state index contributed by atoms with van der Waals surface area (Å²) in [5.41, 5.74) is 1.64. The number of aryl methyl sites for hydroxylation is 1. The summed E-state index contributed by atoms with van der Waals surface area (Å²) in [4.78, 5) is 43.6. The van der Waals surface area contributed by atoms with Crippen LogP contribution in [0.15, 0.2) is 41.2 Å². The second-order valence-corrected chi connectivity index (χ2v) is 7.22. The van der Waals surface area contributed by atoms with E-state index in [1.807, 2.05) is 13.8 Å². The van der Waals surface area contributed by atoms with Gasteiger partial charge in [-0.15, -0.1) is 0 Å². The van der Waals surface area contributed by atoms with Crippen molar-refractivity contribution < 1.29 is 14.3 Å². The van der Waals surface area contributed by atoms with E-state index in [0.717, 1.165) is 5.56 Å². The first kappa shape index (κ1) is 21.8. The van der Waals surface area contributed by atoms with Crippen LogP contribution in [0.2, 0.25) is 0 Å². The summed E-state index contributed by atoms with van der Waals surface area (Å²) in [6.07, 6.45) is 0. The minimum absolute atomic E-state index is 0.0273. The highest BCUT2D eigenvalue weighted by Gasteiger charge is 2.18. The van der Waals surface area contributed by atoms with Gasteiger partial charge >= 0.3 is 11.8 Å². The molecule has 0 saturated heterocycles. The van der Waals surface area contributed by atoms with E-state index >= 15 is 0 Å². The van der Waals surface area contributed by atoms with Crippen LogP contribution in [0.1, 0.15) is 36.7 Å². The van der Waals surface area contributed by atoms with Crippen LogP contribution in [0.25, 0.3) is 5.95 Å². The molecule has 1 aromatic carbocycles. The fourth-order valence-electron chi connectivity index (χ4n) is 2.79. The third-order valence-electron chi connectivity index (χ3n) is 4.43. The number of ether oxygens (including phenoxy) is 1. The van der Waals surface area contributed by atoms with Crippen LogP contribution in [-0.4, -0.2) is 38.7 Å². The summed E-state index contributed by atoms with van der Waals surface area (Å²) >= 11 is 0. The Morgan fingerprint density at radius 3 is 2.52 bits per heavy atom. The van der Waals surface area contributed by atoms with Gasteiger partial charge < -0.3 is 15.4 Å². The molecule has 0 spiro atoms. The number of nitrogens with one attached hydrogen (secondary N) is 3. The van der Waals surface area contributed by atoms with Gasteiger partial charge in [-0.3, -0.25) is 19.4 Å². The maximum atomic E-state index is 12.4. The highest BCUT2D eigenvalue weighted by molar-refractivity contribution is 6.39. The van der Waals surface area contributed by atoms with E-state index in [1.165, 1.54) is 10.7 Å². The lowest BCUT2D eigenvalue weighted by Gasteiger charge is -2.10. The molecular formula is C21H24N6O4. The molecule has 0 saturated carbocycles. The summed E-state index contributed by atoms with van der Waals surface area (Å²) in [7, 11) is 1.57. The van der Waals surface area contributed by atoms with Crippen LogP contribution in [0.3, 0.4) is 0 Å². The van der Waals surface area contributed by atoms with Crippen LogP contribution in [0.4, 0.5) is 5.82 Å². The monoisotopic (exact) mass is 424 g/mol. The van der Waals surface area contributed by atoms with Gasteiger partial charge in [0, 0.05) is 18.7 Å². The second-order valence-electron chi connectivity index (χ2n) is 7.22. The largest absolute Gasteiger partial charge is 0.497 e. The van der Waals surface area contributed by atoms with Gasteiger partial charge in [-0.05, 0) is 30.5 Å². The number of hydrogen-bond donors (Lipinski definition) is 3. The number of rotatable bonds is 6. The lowest BCUT2D eigenvalue weighted by Crippen LogP contribution is -2.35. The molecule has 2 aromatic heterocycles. The van der Waals surface area contributed by atoms with E-state index in [1.54, 1.807) is 44.4 Å². The van der Waals surface area contributed by atoms with Crippen molar-refractivity contribution in [3.63, 3.8) is 0 Å². The van der Waals surface area contributed by atoms with Gasteiger partial charge in [-0.1, -0.05) is 26.0 Å². The minimum Gasteiger partial charge on any atom is -0.497 e. The van der Waals surface area contributed by atoms with E-state index in [9.17, 15) is 14.4 Å². The van der Waals surface area contributed by atoms with Crippen molar-refractivity contribution in [1.82, 2.24) is 25.1 Å². The van der Waals surface area contributed by atoms with E-state index in [2.05, 4.69) is 25.7 Å². The van der Waals surface area contributed by atoms with Gasteiger partial charge in [-0.2, -0.15) is 9.78 Å². The highest BCUT2D eigenvalue weighted by atomic mass is 16.5. The summed E-state index contributed by atoms with van der Waals surface area (Å²) in [5.74, 6) is -0.579. The normalized spacial score (nSPS) is 10.7. The predicted octanol–water partition coefficient (Wildman–Crippen LogP) is 1.65. The van der Waals surface area contributed by atoms with E-state index in [-0.39, 0.29) is 29.8 Å². The Kier molecular flexibility index (Phi) is 6.49. The van der Waals surface area contributed by atoms with Crippen molar-refractivity contribution in [2.75, 3.05) is 12.4 Å². The number of carbonyl (C=O) groups is 2. The number of benzene rings is 1. The van der Waals surface area contributed by atoms with Crippen LogP contribution < -0.4 is 20.9 Å². The van der Waals surface area contributed by atoms with Crippen molar-refractivity contribution in [3.8, 4) is 11.7 Å². The molecule has 3 rings (SSSR count). The lowest BCUT2D eigenvalue weighted by atomic mass is 10.1. The van der Waals surface area contributed by atoms with Gasteiger partial charge in [0.1, 0.15) is 11.6 Å².